The number of halogens is 1. The average molecular weight is 269 g/mol. The number of nitrogens with zero attached hydrogens (tertiary/aromatic N) is 2. The van der Waals surface area contributed by atoms with Crippen LogP contribution in [-0.2, 0) is 0 Å². The highest BCUT2D eigenvalue weighted by molar-refractivity contribution is 6.30. The molecule has 0 saturated carbocycles. The Balaban J connectivity index is 1.99. The van der Waals surface area contributed by atoms with Crippen LogP contribution in [0.2, 0.25) is 5.02 Å². The zero-order chi connectivity index (χ0) is 13.1. The zero-order valence-corrected chi connectivity index (χ0v) is 11.1. The zero-order valence-electron chi connectivity index (χ0n) is 10.3. The van der Waals surface area contributed by atoms with Crippen LogP contribution < -0.4 is 0 Å². The van der Waals surface area contributed by atoms with Gasteiger partial charge in [-0.1, -0.05) is 23.7 Å². The van der Waals surface area contributed by atoms with Crippen molar-refractivity contribution in [3.63, 3.8) is 0 Å². The molecule has 5 heteroatoms. The summed E-state index contributed by atoms with van der Waals surface area (Å²) in [6.07, 6.45) is -0.829. The average Bonchev–Trinajstić information content (AvgIpc) is 2.38. The molecule has 98 valence electrons. The molecule has 1 heterocycles. The van der Waals surface area contributed by atoms with Crippen molar-refractivity contribution in [1.82, 2.24) is 9.80 Å². The van der Waals surface area contributed by atoms with E-state index in [0.29, 0.717) is 13.1 Å². The molecular formula is C13H17ClN2O2. The number of hydrogen-bond donors (Lipinski definition) is 1. The van der Waals surface area contributed by atoms with E-state index >= 15 is 0 Å². The summed E-state index contributed by atoms with van der Waals surface area (Å²) in [5, 5.41) is 9.65. The van der Waals surface area contributed by atoms with E-state index in [0.717, 1.165) is 18.1 Å². The fraction of sp³-hybridized carbons (Fsp3) is 0.462. The van der Waals surface area contributed by atoms with E-state index in [2.05, 4.69) is 17.9 Å². The molecule has 0 spiro atoms. The van der Waals surface area contributed by atoms with Gasteiger partial charge in [0.25, 0.3) is 0 Å². The van der Waals surface area contributed by atoms with Crippen LogP contribution in [0, 0.1) is 0 Å². The van der Waals surface area contributed by atoms with Gasteiger partial charge in [0, 0.05) is 37.2 Å². The highest BCUT2D eigenvalue weighted by Gasteiger charge is 2.24. The van der Waals surface area contributed by atoms with Gasteiger partial charge < -0.3 is 10.0 Å². The lowest BCUT2D eigenvalue weighted by molar-refractivity contribution is 0.0889. The van der Waals surface area contributed by atoms with Gasteiger partial charge in [-0.25, -0.2) is 4.79 Å². The highest BCUT2D eigenvalue weighted by Crippen LogP contribution is 2.23. The summed E-state index contributed by atoms with van der Waals surface area (Å²) in [5.41, 5.74) is 1.17. The van der Waals surface area contributed by atoms with Gasteiger partial charge >= 0.3 is 6.09 Å². The Bertz CT molecular complexity index is 431. The number of amides is 1. The van der Waals surface area contributed by atoms with Crippen molar-refractivity contribution in [2.45, 2.75) is 13.0 Å². The number of piperazine rings is 1. The van der Waals surface area contributed by atoms with Crippen LogP contribution in [0.3, 0.4) is 0 Å². The summed E-state index contributed by atoms with van der Waals surface area (Å²) in [6.45, 7) is 4.79. The van der Waals surface area contributed by atoms with Gasteiger partial charge in [-0.2, -0.15) is 0 Å². The number of carboxylic acid groups (broad SMARTS) is 1. The monoisotopic (exact) mass is 268 g/mol. The normalized spacial score (nSPS) is 18.7. The molecule has 4 nitrogen and oxygen atoms in total. The maximum Gasteiger partial charge on any atom is 0.407 e. The molecule has 1 atom stereocenters. The second-order valence-corrected chi connectivity index (χ2v) is 4.97. The van der Waals surface area contributed by atoms with Gasteiger partial charge in [-0.3, -0.25) is 4.90 Å². The van der Waals surface area contributed by atoms with E-state index in [4.69, 9.17) is 16.7 Å². The topological polar surface area (TPSA) is 43.8 Å². The Kier molecular flexibility index (Phi) is 4.09. The van der Waals surface area contributed by atoms with Crippen molar-refractivity contribution in [1.29, 1.82) is 0 Å². The first kappa shape index (κ1) is 13.2. The third-order valence-electron chi connectivity index (χ3n) is 3.46. The second kappa shape index (κ2) is 5.59. The maximum atomic E-state index is 10.8. The smallest absolute Gasteiger partial charge is 0.407 e. The van der Waals surface area contributed by atoms with Crippen LogP contribution in [0.15, 0.2) is 24.3 Å². The van der Waals surface area contributed by atoms with E-state index < -0.39 is 6.09 Å². The van der Waals surface area contributed by atoms with E-state index in [1.807, 2.05) is 18.2 Å². The lowest BCUT2D eigenvalue weighted by Gasteiger charge is -2.37. The number of carbonyl (C=O) groups is 1. The van der Waals surface area contributed by atoms with Crippen molar-refractivity contribution in [2.75, 3.05) is 26.2 Å². The van der Waals surface area contributed by atoms with Crippen LogP contribution in [0.1, 0.15) is 18.5 Å². The van der Waals surface area contributed by atoms with Crippen molar-refractivity contribution >= 4 is 17.7 Å². The summed E-state index contributed by atoms with van der Waals surface area (Å²) in [5.74, 6) is 0. The molecule has 18 heavy (non-hydrogen) atoms. The molecule has 2 rings (SSSR count). The molecule has 1 fully saturated rings. The van der Waals surface area contributed by atoms with Crippen molar-refractivity contribution in [3.8, 4) is 0 Å². The molecule has 1 aliphatic rings. The fourth-order valence-corrected chi connectivity index (χ4v) is 2.48. The molecule has 1 saturated heterocycles. The predicted molar refractivity (Wildman–Crippen MR) is 71.0 cm³/mol. The summed E-state index contributed by atoms with van der Waals surface area (Å²) < 4.78 is 0. The summed E-state index contributed by atoms with van der Waals surface area (Å²) in [6, 6.07) is 8.09. The molecule has 1 aromatic rings. The Morgan fingerprint density at radius 1 is 1.33 bits per heavy atom. The predicted octanol–water partition coefficient (Wildman–Crippen LogP) is 2.70. The fourth-order valence-electron chi connectivity index (χ4n) is 2.28. The van der Waals surface area contributed by atoms with Gasteiger partial charge in [0.2, 0.25) is 0 Å². The third kappa shape index (κ3) is 2.94. The number of benzene rings is 1. The van der Waals surface area contributed by atoms with Gasteiger partial charge in [0.15, 0.2) is 0 Å². The molecule has 0 radical (unpaired) electrons. The molecule has 1 aromatic carbocycles. The minimum Gasteiger partial charge on any atom is -0.465 e. The SMILES string of the molecule is CC(c1cccc(Cl)c1)N1CCN(C(=O)O)CC1. The first-order valence-corrected chi connectivity index (χ1v) is 6.43. The molecule has 1 aliphatic heterocycles. The second-order valence-electron chi connectivity index (χ2n) is 4.54. The van der Waals surface area contributed by atoms with Crippen LogP contribution in [-0.4, -0.2) is 47.2 Å². The minimum absolute atomic E-state index is 0.264. The van der Waals surface area contributed by atoms with Crippen molar-refractivity contribution in [3.05, 3.63) is 34.9 Å². The van der Waals surface area contributed by atoms with Crippen molar-refractivity contribution < 1.29 is 9.90 Å². The maximum absolute atomic E-state index is 10.8. The molecule has 1 amide bonds. The molecule has 0 aromatic heterocycles. The largest absolute Gasteiger partial charge is 0.465 e. The van der Waals surface area contributed by atoms with Crippen molar-refractivity contribution in [2.24, 2.45) is 0 Å². The lowest BCUT2D eigenvalue weighted by atomic mass is 10.1. The van der Waals surface area contributed by atoms with Crippen LogP contribution in [0.25, 0.3) is 0 Å². The Morgan fingerprint density at radius 2 is 2.00 bits per heavy atom. The van der Waals surface area contributed by atoms with Gasteiger partial charge in [0.05, 0.1) is 0 Å². The quantitative estimate of drug-likeness (QED) is 0.897. The lowest BCUT2D eigenvalue weighted by Crippen LogP contribution is -2.48. The molecule has 1 N–H and O–H groups in total. The Labute approximate surface area is 112 Å². The minimum atomic E-state index is -0.829. The van der Waals surface area contributed by atoms with E-state index in [9.17, 15) is 4.79 Å². The Hall–Kier alpha value is -1.26. The van der Waals surface area contributed by atoms with Gasteiger partial charge in [0.1, 0.15) is 0 Å². The van der Waals surface area contributed by atoms with Crippen LogP contribution in [0.4, 0.5) is 4.79 Å². The first-order valence-electron chi connectivity index (χ1n) is 6.05. The van der Waals surface area contributed by atoms with Gasteiger partial charge in [-0.15, -0.1) is 0 Å². The van der Waals surface area contributed by atoms with Crippen LogP contribution >= 0.6 is 11.6 Å². The first-order chi connectivity index (χ1) is 8.58. The van der Waals surface area contributed by atoms with Crippen LogP contribution in [0.5, 0.6) is 0 Å². The molecule has 0 bridgehead atoms. The number of hydrogen-bond acceptors (Lipinski definition) is 2. The highest BCUT2D eigenvalue weighted by atomic mass is 35.5. The summed E-state index contributed by atoms with van der Waals surface area (Å²) in [7, 11) is 0. The molecular weight excluding hydrogens is 252 g/mol. The van der Waals surface area contributed by atoms with E-state index in [-0.39, 0.29) is 6.04 Å². The molecule has 0 aliphatic carbocycles. The summed E-state index contributed by atoms with van der Waals surface area (Å²) in [4.78, 5) is 14.6. The van der Waals surface area contributed by atoms with E-state index in [1.165, 1.54) is 10.5 Å². The third-order valence-corrected chi connectivity index (χ3v) is 3.70. The standard InChI is InChI=1S/C13H17ClN2O2/c1-10(11-3-2-4-12(14)9-11)15-5-7-16(8-6-15)13(17)18/h2-4,9-10H,5-8H2,1H3,(H,17,18). The van der Waals surface area contributed by atoms with E-state index in [1.54, 1.807) is 0 Å². The molecule has 1 unspecified atom stereocenters. The Morgan fingerprint density at radius 3 is 2.56 bits per heavy atom. The van der Waals surface area contributed by atoms with Gasteiger partial charge in [-0.05, 0) is 24.6 Å². The number of rotatable bonds is 2. The summed E-state index contributed by atoms with van der Waals surface area (Å²) >= 11 is 5.99.